The van der Waals surface area contributed by atoms with Crippen molar-refractivity contribution in [1.82, 2.24) is 24.1 Å². The van der Waals surface area contributed by atoms with Crippen LogP contribution in [-0.2, 0) is 0 Å². The Morgan fingerprint density at radius 2 is 1.92 bits per heavy atom. The first-order valence-electron chi connectivity index (χ1n) is 7.90. The number of amides is 1. The van der Waals surface area contributed by atoms with Crippen LogP contribution in [0.5, 0.6) is 0 Å². The summed E-state index contributed by atoms with van der Waals surface area (Å²) in [6.07, 6.45) is 3.00. The van der Waals surface area contributed by atoms with Crippen molar-refractivity contribution < 1.29 is 4.79 Å². The SMILES string of the molecule is Cc1cccc(NC(=O)c2cc3nccc(=O)n3n2-c2ccccn2)n1. The zero-order chi connectivity index (χ0) is 18.1. The number of fused-ring (bicyclic) bond motifs is 1. The summed E-state index contributed by atoms with van der Waals surface area (Å²) in [5, 5.41) is 2.75. The molecule has 0 bridgehead atoms. The zero-order valence-corrected chi connectivity index (χ0v) is 13.8. The number of pyridine rings is 2. The van der Waals surface area contributed by atoms with Gasteiger partial charge in [-0.1, -0.05) is 12.1 Å². The van der Waals surface area contributed by atoms with E-state index in [1.165, 1.54) is 21.5 Å². The van der Waals surface area contributed by atoms with E-state index in [0.717, 1.165) is 5.69 Å². The summed E-state index contributed by atoms with van der Waals surface area (Å²) < 4.78 is 2.75. The van der Waals surface area contributed by atoms with Crippen LogP contribution in [0.3, 0.4) is 0 Å². The van der Waals surface area contributed by atoms with Gasteiger partial charge in [-0.05, 0) is 31.2 Å². The van der Waals surface area contributed by atoms with Crippen molar-refractivity contribution in [3.05, 3.63) is 82.7 Å². The van der Waals surface area contributed by atoms with Gasteiger partial charge in [0, 0.05) is 30.2 Å². The lowest BCUT2D eigenvalue weighted by molar-refractivity contribution is 0.101. The smallest absolute Gasteiger partial charge is 0.275 e. The lowest BCUT2D eigenvalue weighted by Crippen LogP contribution is -2.24. The molecule has 1 amide bonds. The largest absolute Gasteiger partial charge is 0.305 e. The lowest BCUT2D eigenvalue weighted by atomic mass is 10.3. The molecule has 4 aromatic rings. The number of rotatable bonds is 3. The van der Waals surface area contributed by atoms with Crippen LogP contribution in [-0.4, -0.2) is 30.1 Å². The van der Waals surface area contributed by atoms with Crippen LogP contribution >= 0.6 is 0 Å². The summed E-state index contributed by atoms with van der Waals surface area (Å²) in [6.45, 7) is 1.84. The maximum absolute atomic E-state index is 12.9. The second kappa shape index (κ2) is 6.25. The van der Waals surface area contributed by atoms with E-state index in [-0.39, 0.29) is 11.3 Å². The third kappa shape index (κ3) is 2.73. The van der Waals surface area contributed by atoms with Gasteiger partial charge in [0.05, 0.1) is 0 Å². The van der Waals surface area contributed by atoms with E-state index in [0.29, 0.717) is 17.3 Å². The molecule has 0 aromatic carbocycles. The molecule has 0 saturated heterocycles. The van der Waals surface area contributed by atoms with Gasteiger partial charge in [-0.2, -0.15) is 4.52 Å². The average Bonchev–Trinajstić information content (AvgIpc) is 3.04. The van der Waals surface area contributed by atoms with Gasteiger partial charge < -0.3 is 5.32 Å². The highest BCUT2D eigenvalue weighted by Gasteiger charge is 2.19. The van der Waals surface area contributed by atoms with Crippen LogP contribution in [0, 0.1) is 6.92 Å². The highest BCUT2D eigenvalue weighted by atomic mass is 16.2. The Hall–Kier alpha value is -3.81. The monoisotopic (exact) mass is 346 g/mol. The second-order valence-electron chi connectivity index (χ2n) is 5.60. The molecule has 0 fully saturated rings. The van der Waals surface area contributed by atoms with E-state index in [4.69, 9.17) is 0 Å². The fraction of sp³-hybridized carbons (Fsp3) is 0.0556. The molecule has 8 heteroatoms. The molecule has 0 saturated carbocycles. The van der Waals surface area contributed by atoms with Crippen molar-refractivity contribution in [2.75, 3.05) is 5.32 Å². The Kier molecular flexibility index (Phi) is 3.77. The number of aryl methyl sites for hydroxylation is 1. The van der Waals surface area contributed by atoms with Crippen molar-refractivity contribution >= 4 is 17.4 Å². The number of carbonyl (C=O) groups excluding carboxylic acids is 1. The summed E-state index contributed by atoms with van der Waals surface area (Å²) in [4.78, 5) is 37.9. The van der Waals surface area contributed by atoms with Crippen molar-refractivity contribution in [3.63, 3.8) is 0 Å². The number of hydrogen-bond acceptors (Lipinski definition) is 5. The van der Waals surface area contributed by atoms with Gasteiger partial charge in [0.1, 0.15) is 11.5 Å². The van der Waals surface area contributed by atoms with E-state index < -0.39 is 5.91 Å². The van der Waals surface area contributed by atoms with Gasteiger partial charge in [0.15, 0.2) is 11.5 Å². The van der Waals surface area contributed by atoms with Crippen molar-refractivity contribution in [1.29, 1.82) is 0 Å². The molecule has 4 rings (SSSR count). The van der Waals surface area contributed by atoms with Crippen LogP contribution in [0.15, 0.2) is 65.7 Å². The van der Waals surface area contributed by atoms with Crippen molar-refractivity contribution in [2.24, 2.45) is 0 Å². The van der Waals surface area contributed by atoms with Gasteiger partial charge in [0.25, 0.3) is 11.5 Å². The quantitative estimate of drug-likeness (QED) is 0.611. The number of hydrogen-bond donors (Lipinski definition) is 1. The molecule has 4 heterocycles. The minimum absolute atomic E-state index is 0.225. The molecule has 0 aliphatic carbocycles. The molecule has 0 atom stereocenters. The van der Waals surface area contributed by atoms with Gasteiger partial charge in [-0.25, -0.2) is 19.6 Å². The molecule has 0 aliphatic heterocycles. The van der Waals surface area contributed by atoms with Crippen molar-refractivity contribution in [3.8, 4) is 5.82 Å². The van der Waals surface area contributed by atoms with E-state index in [1.54, 1.807) is 42.6 Å². The minimum atomic E-state index is -0.418. The number of nitrogens with one attached hydrogen (secondary N) is 1. The molecule has 4 aromatic heterocycles. The minimum Gasteiger partial charge on any atom is -0.305 e. The Morgan fingerprint density at radius 3 is 2.69 bits per heavy atom. The molecule has 0 spiro atoms. The number of nitrogens with zero attached hydrogens (tertiary/aromatic N) is 5. The Bertz CT molecular complexity index is 1160. The van der Waals surface area contributed by atoms with Gasteiger partial charge in [-0.3, -0.25) is 9.59 Å². The average molecular weight is 346 g/mol. The standard InChI is InChI=1S/C18H14N6O2/c1-12-5-4-6-14(21-12)22-18(26)13-11-16-20-10-8-17(25)24(16)23(13)15-7-2-3-9-19-15/h2-11H,1H3,(H,21,22,26). The number of anilines is 1. The van der Waals surface area contributed by atoms with Crippen LogP contribution in [0.4, 0.5) is 5.82 Å². The summed E-state index contributed by atoms with van der Waals surface area (Å²) in [5.74, 6) is 0.437. The van der Waals surface area contributed by atoms with E-state index in [2.05, 4.69) is 20.3 Å². The first kappa shape index (κ1) is 15.7. The van der Waals surface area contributed by atoms with Gasteiger partial charge >= 0.3 is 0 Å². The van der Waals surface area contributed by atoms with Crippen LogP contribution in [0.25, 0.3) is 11.5 Å². The number of carbonyl (C=O) groups is 1. The molecule has 8 nitrogen and oxygen atoms in total. The molecular weight excluding hydrogens is 332 g/mol. The second-order valence-corrected chi connectivity index (χ2v) is 5.60. The highest BCUT2D eigenvalue weighted by molar-refractivity contribution is 6.03. The maximum Gasteiger partial charge on any atom is 0.275 e. The predicted molar refractivity (Wildman–Crippen MR) is 95.5 cm³/mol. The Morgan fingerprint density at radius 1 is 1.04 bits per heavy atom. The first-order valence-corrected chi connectivity index (χ1v) is 7.90. The van der Waals surface area contributed by atoms with Crippen LogP contribution in [0.2, 0.25) is 0 Å². The van der Waals surface area contributed by atoms with Crippen molar-refractivity contribution in [2.45, 2.75) is 6.92 Å². The fourth-order valence-corrected chi connectivity index (χ4v) is 2.67. The van der Waals surface area contributed by atoms with E-state index in [1.807, 2.05) is 13.0 Å². The molecule has 0 unspecified atom stereocenters. The summed E-state index contributed by atoms with van der Waals surface area (Å²) in [7, 11) is 0. The third-order valence-corrected chi connectivity index (χ3v) is 3.77. The fourth-order valence-electron chi connectivity index (χ4n) is 2.67. The molecule has 26 heavy (non-hydrogen) atoms. The summed E-state index contributed by atoms with van der Waals surface area (Å²) >= 11 is 0. The predicted octanol–water partition coefficient (Wildman–Crippen LogP) is 1.84. The molecule has 0 aliphatic rings. The molecular formula is C18H14N6O2. The third-order valence-electron chi connectivity index (χ3n) is 3.77. The van der Waals surface area contributed by atoms with Crippen LogP contribution < -0.4 is 10.9 Å². The zero-order valence-electron chi connectivity index (χ0n) is 13.8. The Balaban J connectivity index is 1.88. The first-order chi connectivity index (χ1) is 12.6. The summed E-state index contributed by atoms with van der Waals surface area (Å²) in [5.41, 5.74) is 1.05. The topological polar surface area (TPSA) is 94.2 Å². The summed E-state index contributed by atoms with van der Waals surface area (Å²) in [6, 6.07) is 13.5. The molecule has 128 valence electrons. The van der Waals surface area contributed by atoms with Gasteiger partial charge in [-0.15, -0.1) is 0 Å². The molecule has 1 N–H and O–H groups in total. The Labute approximate surface area is 147 Å². The lowest BCUT2D eigenvalue weighted by Gasteiger charge is -2.10. The maximum atomic E-state index is 12.9. The van der Waals surface area contributed by atoms with E-state index in [9.17, 15) is 9.59 Å². The van der Waals surface area contributed by atoms with E-state index >= 15 is 0 Å². The highest BCUT2D eigenvalue weighted by Crippen LogP contribution is 2.14. The van der Waals surface area contributed by atoms with Gasteiger partial charge in [0.2, 0.25) is 0 Å². The molecule has 0 radical (unpaired) electrons. The number of aromatic nitrogens is 5. The normalized spacial score (nSPS) is 10.8. The van der Waals surface area contributed by atoms with Crippen LogP contribution in [0.1, 0.15) is 16.2 Å².